The fourth-order valence-electron chi connectivity index (χ4n) is 2.97. The molecule has 30 heavy (non-hydrogen) atoms. The van der Waals surface area contributed by atoms with Gasteiger partial charge >= 0.3 is 0 Å². The second-order valence-corrected chi connectivity index (χ2v) is 7.45. The van der Waals surface area contributed by atoms with E-state index in [0.717, 1.165) is 23.7 Å². The van der Waals surface area contributed by atoms with Gasteiger partial charge < -0.3 is 20.9 Å². The standard InChI is InChI=1S/C23H28N6O/c1-17(18-8-5-4-6-9-18)15-25-21-12-13-24-23(28-21)27-20-11-7-10-19(14-20)26-22(30)16-29(2)3/h4-14,17H,15-16H2,1-3H3,(H,26,30)(H2,24,25,27,28). The largest absolute Gasteiger partial charge is 0.369 e. The number of likely N-dealkylation sites (N-methyl/N-ethyl adjacent to an activating group) is 1. The van der Waals surface area contributed by atoms with E-state index in [-0.39, 0.29) is 5.91 Å². The fourth-order valence-corrected chi connectivity index (χ4v) is 2.97. The Morgan fingerprint density at radius 2 is 1.80 bits per heavy atom. The first-order valence-corrected chi connectivity index (χ1v) is 9.93. The molecule has 1 unspecified atom stereocenters. The maximum Gasteiger partial charge on any atom is 0.238 e. The van der Waals surface area contributed by atoms with Gasteiger partial charge in [0.25, 0.3) is 0 Å². The van der Waals surface area contributed by atoms with Crippen LogP contribution in [-0.2, 0) is 4.79 Å². The third-order valence-electron chi connectivity index (χ3n) is 4.48. The van der Waals surface area contributed by atoms with Gasteiger partial charge in [0.2, 0.25) is 11.9 Å². The van der Waals surface area contributed by atoms with Gasteiger partial charge in [0, 0.05) is 24.1 Å². The van der Waals surface area contributed by atoms with Gasteiger partial charge in [0.15, 0.2) is 0 Å². The Hall–Kier alpha value is -3.45. The number of nitrogens with zero attached hydrogens (tertiary/aromatic N) is 3. The van der Waals surface area contributed by atoms with Crippen LogP contribution < -0.4 is 16.0 Å². The normalized spacial score (nSPS) is 11.7. The zero-order valence-corrected chi connectivity index (χ0v) is 17.6. The van der Waals surface area contributed by atoms with Gasteiger partial charge in [0.05, 0.1) is 6.54 Å². The van der Waals surface area contributed by atoms with E-state index in [2.05, 4.69) is 57.1 Å². The van der Waals surface area contributed by atoms with Gasteiger partial charge in [-0.05, 0) is 49.8 Å². The number of rotatable bonds is 9. The summed E-state index contributed by atoms with van der Waals surface area (Å²) in [5, 5.41) is 9.45. The van der Waals surface area contributed by atoms with Crippen molar-refractivity contribution in [3.05, 3.63) is 72.4 Å². The minimum atomic E-state index is -0.0628. The molecule has 0 aliphatic heterocycles. The van der Waals surface area contributed by atoms with Crippen molar-refractivity contribution in [1.29, 1.82) is 0 Å². The van der Waals surface area contributed by atoms with Crippen LogP contribution in [0.1, 0.15) is 18.4 Å². The summed E-state index contributed by atoms with van der Waals surface area (Å²) in [6, 6.07) is 19.7. The molecule has 2 aromatic carbocycles. The highest BCUT2D eigenvalue weighted by Crippen LogP contribution is 2.20. The zero-order valence-electron chi connectivity index (χ0n) is 17.6. The summed E-state index contributed by atoms with van der Waals surface area (Å²) in [4.78, 5) is 22.6. The maximum absolute atomic E-state index is 12.0. The third-order valence-corrected chi connectivity index (χ3v) is 4.48. The van der Waals surface area contributed by atoms with Gasteiger partial charge in [-0.15, -0.1) is 0 Å². The zero-order chi connectivity index (χ0) is 21.3. The molecular formula is C23H28N6O. The van der Waals surface area contributed by atoms with Gasteiger partial charge in [-0.1, -0.05) is 43.3 Å². The molecule has 0 saturated heterocycles. The molecule has 3 aromatic rings. The Balaban J connectivity index is 1.60. The summed E-state index contributed by atoms with van der Waals surface area (Å²) in [6.45, 7) is 3.28. The molecule has 0 saturated carbocycles. The fraction of sp³-hybridized carbons (Fsp3) is 0.261. The topological polar surface area (TPSA) is 82.2 Å². The maximum atomic E-state index is 12.0. The van der Waals surface area contributed by atoms with Crippen LogP contribution >= 0.6 is 0 Å². The number of nitrogens with one attached hydrogen (secondary N) is 3. The van der Waals surface area contributed by atoms with Crippen LogP contribution in [0.3, 0.4) is 0 Å². The molecule has 7 heteroatoms. The van der Waals surface area contributed by atoms with Crippen LogP contribution in [-0.4, -0.2) is 48.0 Å². The van der Waals surface area contributed by atoms with Crippen molar-refractivity contribution >= 4 is 29.0 Å². The molecule has 0 radical (unpaired) electrons. The molecule has 1 amide bonds. The van der Waals surface area contributed by atoms with Crippen molar-refractivity contribution in [2.75, 3.05) is 43.1 Å². The Kier molecular flexibility index (Phi) is 7.34. The summed E-state index contributed by atoms with van der Waals surface area (Å²) in [7, 11) is 3.72. The molecule has 1 aromatic heterocycles. The van der Waals surface area contributed by atoms with Crippen molar-refractivity contribution < 1.29 is 4.79 Å². The Morgan fingerprint density at radius 3 is 2.57 bits per heavy atom. The number of benzene rings is 2. The van der Waals surface area contributed by atoms with Crippen LogP contribution in [0.15, 0.2) is 66.9 Å². The molecule has 1 heterocycles. The van der Waals surface area contributed by atoms with Gasteiger partial charge in [0.1, 0.15) is 5.82 Å². The van der Waals surface area contributed by atoms with Crippen molar-refractivity contribution in [2.45, 2.75) is 12.8 Å². The van der Waals surface area contributed by atoms with E-state index in [4.69, 9.17) is 0 Å². The van der Waals surface area contributed by atoms with Crippen LogP contribution in [0.4, 0.5) is 23.1 Å². The average Bonchev–Trinajstić information content (AvgIpc) is 2.72. The summed E-state index contributed by atoms with van der Waals surface area (Å²) in [5.74, 6) is 1.54. The number of hydrogen-bond donors (Lipinski definition) is 3. The van der Waals surface area contributed by atoms with E-state index >= 15 is 0 Å². The minimum absolute atomic E-state index is 0.0628. The number of hydrogen-bond acceptors (Lipinski definition) is 6. The van der Waals surface area contributed by atoms with Crippen molar-refractivity contribution in [3.8, 4) is 0 Å². The average molecular weight is 405 g/mol. The molecule has 3 N–H and O–H groups in total. The van der Waals surface area contributed by atoms with Gasteiger partial charge in [-0.25, -0.2) is 4.98 Å². The quantitative estimate of drug-likeness (QED) is 0.501. The highest BCUT2D eigenvalue weighted by atomic mass is 16.2. The first kappa shape index (κ1) is 21.3. The van der Waals surface area contributed by atoms with Gasteiger partial charge in [-0.2, -0.15) is 4.98 Å². The molecule has 0 spiro atoms. The molecule has 0 fully saturated rings. The summed E-state index contributed by atoms with van der Waals surface area (Å²) >= 11 is 0. The first-order valence-electron chi connectivity index (χ1n) is 9.93. The number of aromatic nitrogens is 2. The van der Waals surface area contributed by atoms with Crippen LogP contribution in [0.25, 0.3) is 0 Å². The number of amides is 1. The van der Waals surface area contributed by atoms with Crippen molar-refractivity contribution in [1.82, 2.24) is 14.9 Å². The highest BCUT2D eigenvalue weighted by Gasteiger charge is 2.07. The molecule has 3 rings (SSSR count). The molecule has 0 aliphatic rings. The SMILES string of the molecule is CC(CNc1ccnc(Nc2cccc(NC(=O)CN(C)C)c2)n1)c1ccccc1. The Labute approximate surface area is 177 Å². The van der Waals surface area contributed by atoms with E-state index in [9.17, 15) is 4.79 Å². The van der Waals surface area contributed by atoms with Crippen LogP contribution in [0.5, 0.6) is 0 Å². The molecule has 156 valence electrons. The van der Waals surface area contributed by atoms with Gasteiger partial charge in [-0.3, -0.25) is 4.79 Å². The summed E-state index contributed by atoms with van der Waals surface area (Å²) < 4.78 is 0. The Morgan fingerprint density at radius 1 is 1.03 bits per heavy atom. The molecule has 1 atom stereocenters. The lowest BCUT2D eigenvalue weighted by Gasteiger charge is -2.14. The van der Waals surface area contributed by atoms with Crippen molar-refractivity contribution in [3.63, 3.8) is 0 Å². The van der Waals surface area contributed by atoms with E-state index in [1.165, 1.54) is 5.56 Å². The van der Waals surface area contributed by atoms with Crippen molar-refractivity contribution in [2.24, 2.45) is 0 Å². The lowest BCUT2D eigenvalue weighted by Crippen LogP contribution is -2.27. The first-order chi connectivity index (χ1) is 14.5. The van der Waals surface area contributed by atoms with Crippen LogP contribution in [0, 0.1) is 0 Å². The highest BCUT2D eigenvalue weighted by molar-refractivity contribution is 5.92. The number of carbonyl (C=O) groups excluding carboxylic acids is 1. The van der Waals surface area contributed by atoms with E-state index in [0.29, 0.717) is 18.4 Å². The lowest BCUT2D eigenvalue weighted by atomic mass is 10.0. The number of anilines is 4. The summed E-state index contributed by atoms with van der Waals surface area (Å²) in [5.41, 5.74) is 2.80. The monoisotopic (exact) mass is 404 g/mol. The van der Waals surface area contributed by atoms with E-state index in [1.807, 2.05) is 55.4 Å². The van der Waals surface area contributed by atoms with Crippen LogP contribution in [0.2, 0.25) is 0 Å². The molecular weight excluding hydrogens is 376 g/mol. The predicted octanol–water partition coefficient (Wildman–Crippen LogP) is 3.94. The smallest absolute Gasteiger partial charge is 0.238 e. The second kappa shape index (κ2) is 10.4. The predicted molar refractivity (Wildman–Crippen MR) is 122 cm³/mol. The lowest BCUT2D eigenvalue weighted by molar-refractivity contribution is -0.116. The molecule has 0 bridgehead atoms. The number of carbonyl (C=O) groups is 1. The minimum Gasteiger partial charge on any atom is -0.369 e. The third kappa shape index (κ3) is 6.56. The molecule has 7 nitrogen and oxygen atoms in total. The second-order valence-electron chi connectivity index (χ2n) is 7.45. The van der Waals surface area contributed by atoms with E-state index < -0.39 is 0 Å². The molecule has 0 aliphatic carbocycles. The van der Waals surface area contributed by atoms with E-state index in [1.54, 1.807) is 6.20 Å². The summed E-state index contributed by atoms with van der Waals surface area (Å²) in [6.07, 6.45) is 1.72. The Bertz CT molecular complexity index is 961.